The van der Waals surface area contributed by atoms with Crippen LogP contribution in [0.3, 0.4) is 0 Å². The average Bonchev–Trinajstić information content (AvgIpc) is 2.81. The van der Waals surface area contributed by atoms with Crippen LogP contribution in [0.25, 0.3) is 0 Å². The second-order valence-electron chi connectivity index (χ2n) is 4.16. The average molecular weight is 300 g/mol. The molecule has 1 aromatic rings. The molecule has 1 aliphatic heterocycles. The van der Waals surface area contributed by atoms with E-state index in [1.165, 1.54) is 12.1 Å². The van der Waals surface area contributed by atoms with Crippen LogP contribution in [0.15, 0.2) is 18.2 Å². The van der Waals surface area contributed by atoms with Crippen molar-refractivity contribution in [1.29, 1.82) is 0 Å². The van der Waals surface area contributed by atoms with Crippen LogP contribution in [0.4, 0.5) is 4.79 Å². The molecule has 0 aromatic heterocycles. The number of hydrogen-bond donors (Lipinski definition) is 2. The molecule has 1 aromatic carbocycles. The predicted molar refractivity (Wildman–Crippen MR) is 67.1 cm³/mol. The van der Waals surface area contributed by atoms with E-state index < -0.39 is 22.3 Å². The Hall–Kier alpha value is -2.13. The summed E-state index contributed by atoms with van der Waals surface area (Å²) in [6, 6.07) is 4.39. The maximum Gasteiger partial charge on any atom is 0.421 e. The second kappa shape index (κ2) is 5.10. The van der Waals surface area contributed by atoms with Crippen molar-refractivity contribution < 1.29 is 27.9 Å². The molecule has 0 saturated carbocycles. The van der Waals surface area contributed by atoms with Crippen LogP contribution >= 0.6 is 0 Å². The molecule has 0 fully saturated rings. The molecule has 108 valence electrons. The molecule has 20 heavy (non-hydrogen) atoms. The number of hydrogen-bond acceptors (Lipinski definition) is 5. The van der Waals surface area contributed by atoms with Gasteiger partial charge in [0.1, 0.15) is 0 Å². The van der Waals surface area contributed by atoms with Crippen LogP contribution in [-0.2, 0) is 28.0 Å². The number of aromatic carboxylic acids is 1. The standard InChI is InChI=1S/C11H12N2O6S/c1-19-11(16)12-20(17,18)13-5-8-3-2-7(10(14)15)4-9(8)6-13/h2-4H,5-6H2,1H3,(H,12,16)(H,14,15). The first-order valence-electron chi connectivity index (χ1n) is 5.54. The summed E-state index contributed by atoms with van der Waals surface area (Å²) in [5, 5.41) is 8.89. The van der Waals surface area contributed by atoms with Gasteiger partial charge in [0.2, 0.25) is 0 Å². The summed E-state index contributed by atoms with van der Waals surface area (Å²) in [6.07, 6.45) is -1.08. The number of amides is 1. The zero-order valence-corrected chi connectivity index (χ0v) is 11.3. The molecule has 0 aliphatic carbocycles. The molecule has 2 rings (SSSR count). The van der Waals surface area contributed by atoms with Crippen LogP contribution in [0.2, 0.25) is 0 Å². The molecule has 0 bridgehead atoms. The summed E-state index contributed by atoms with van der Waals surface area (Å²) in [7, 11) is -2.95. The third-order valence-electron chi connectivity index (χ3n) is 2.88. The fourth-order valence-electron chi connectivity index (χ4n) is 1.88. The molecule has 1 heterocycles. The summed E-state index contributed by atoms with van der Waals surface area (Å²) >= 11 is 0. The van der Waals surface area contributed by atoms with Crippen LogP contribution in [0, 0.1) is 0 Å². The first-order chi connectivity index (χ1) is 9.33. The maximum absolute atomic E-state index is 11.9. The minimum atomic E-state index is -4.01. The van der Waals surface area contributed by atoms with E-state index in [1.54, 1.807) is 10.8 Å². The number of methoxy groups -OCH3 is 1. The summed E-state index contributed by atoms with van der Waals surface area (Å²) in [4.78, 5) is 21.8. The normalized spacial score (nSPS) is 14.7. The van der Waals surface area contributed by atoms with E-state index in [0.29, 0.717) is 11.1 Å². The Labute approximate surface area is 115 Å². The van der Waals surface area contributed by atoms with Gasteiger partial charge in [-0.1, -0.05) is 6.07 Å². The molecule has 1 amide bonds. The predicted octanol–water partition coefficient (Wildman–Crippen LogP) is 0.301. The van der Waals surface area contributed by atoms with Crippen molar-refractivity contribution in [3.05, 3.63) is 34.9 Å². The van der Waals surface area contributed by atoms with Gasteiger partial charge in [0, 0.05) is 13.1 Å². The first kappa shape index (κ1) is 14.3. The number of ether oxygens (including phenoxy) is 1. The highest BCUT2D eigenvalue weighted by Gasteiger charge is 2.31. The Morgan fingerprint density at radius 2 is 1.95 bits per heavy atom. The Morgan fingerprint density at radius 3 is 2.55 bits per heavy atom. The highest BCUT2D eigenvalue weighted by atomic mass is 32.2. The molecule has 0 saturated heterocycles. The Bertz CT molecular complexity index is 669. The van der Waals surface area contributed by atoms with Gasteiger partial charge in [-0.2, -0.15) is 12.7 Å². The fourth-order valence-corrected chi connectivity index (χ4v) is 2.92. The van der Waals surface area contributed by atoms with Gasteiger partial charge >= 0.3 is 22.3 Å². The van der Waals surface area contributed by atoms with Gasteiger partial charge in [-0.15, -0.1) is 0 Å². The molecular weight excluding hydrogens is 288 g/mol. The minimum Gasteiger partial charge on any atom is -0.478 e. The third kappa shape index (κ3) is 2.73. The van der Waals surface area contributed by atoms with E-state index in [2.05, 4.69) is 4.74 Å². The smallest absolute Gasteiger partial charge is 0.421 e. The van der Waals surface area contributed by atoms with E-state index in [1.807, 2.05) is 0 Å². The van der Waals surface area contributed by atoms with Crippen molar-refractivity contribution in [3.8, 4) is 0 Å². The monoisotopic (exact) mass is 300 g/mol. The fraction of sp³-hybridized carbons (Fsp3) is 0.273. The summed E-state index contributed by atoms with van der Waals surface area (Å²) in [6.45, 7) is 0.0738. The topological polar surface area (TPSA) is 113 Å². The van der Waals surface area contributed by atoms with Crippen LogP contribution in [0.5, 0.6) is 0 Å². The van der Waals surface area contributed by atoms with Gasteiger partial charge < -0.3 is 9.84 Å². The van der Waals surface area contributed by atoms with Crippen LogP contribution in [-0.4, -0.2) is 37.0 Å². The van der Waals surface area contributed by atoms with Crippen molar-refractivity contribution in [2.45, 2.75) is 13.1 Å². The van der Waals surface area contributed by atoms with Crippen molar-refractivity contribution in [2.24, 2.45) is 0 Å². The van der Waals surface area contributed by atoms with Gasteiger partial charge in [0.15, 0.2) is 0 Å². The van der Waals surface area contributed by atoms with E-state index in [-0.39, 0.29) is 18.7 Å². The number of nitrogens with zero attached hydrogens (tertiary/aromatic N) is 1. The van der Waals surface area contributed by atoms with Gasteiger partial charge in [0.05, 0.1) is 12.7 Å². The molecule has 0 radical (unpaired) electrons. The lowest BCUT2D eigenvalue weighted by molar-refractivity contribution is 0.0696. The minimum absolute atomic E-state index is 0.00276. The Morgan fingerprint density at radius 1 is 1.30 bits per heavy atom. The van der Waals surface area contributed by atoms with Crippen molar-refractivity contribution in [2.75, 3.05) is 7.11 Å². The van der Waals surface area contributed by atoms with E-state index in [9.17, 15) is 18.0 Å². The molecule has 0 unspecified atom stereocenters. The number of benzene rings is 1. The van der Waals surface area contributed by atoms with Crippen molar-refractivity contribution in [1.82, 2.24) is 9.03 Å². The van der Waals surface area contributed by atoms with Crippen molar-refractivity contribution in [3.63, 3.8) is 0 Å². The number of carboxylic acids is 1. The largest absolute Gasteiger partial charge is 0.478 e. The zero-order chi connectivity index (χ0) is 14.9. The van der Waals surface area contributed by atoms with E-state index in [0.717, 1.165) is 11.4 Å². The highest BCUT2D eigenvalue weighted by Crippen LogP contribution is 2.25. The molecule has 9 heteroatoms. The molecule has 1 aliphatic rings. The number of carbonyl (C=O) groups excluding carboxylic acids is 1. The van der Waals surface area contributed by atoms with Crippen LogP contribution in [0.1, 0.15) is 21.5 Å². The van der Waals surface area contributed by atoms with Gasteiger partial charge in [0.25, 0.3) is 0 Å². The highest BCUT2D eigenvalue weighted by molar-refractivity contribution is 7.87. The summed E-state index contributed by atoms with van der Waals surface area (Å²) < 4.78 is 30.8. The lowest BCUT2D eigenvalue weighted by atomic mass is 10.1. The van der Waals surface area contributed by atoms with E-state index in [4.69, 9.17) is 5.11 Å². The molecular formula is C11H12N2O6S. The zero-order valence-electron chi connectivity index (χ0n) is 10.5. The van der Waals surface area contributed by atoms with Gasteiger partial charge in [-0.3, -0.25) is 0 Å². The molecule has 2 N–H and O–H groups in total. The number of carbonyl (C=O) groups is 2. The quantitative estimate of drug-likeness (QED) is 0.830. The second-order valence-corrected chi connectivity index (χ2v) is 5.83. The summed E-state index contributed by atoms with van der Waals surface area (Å²) in [5.74, 6) is -1.08. The lowest BCUT2D eigenvalue weighted by Gasteiger charge is -2.15. The summed E-state index contributed by atoms with van der Waals surface area (Å²) in [5.41, 5.74) is 1.38. The van der Waals surface area contributed by atoms with Crippen LogP contribution < -0.4 is 4.72 Å². The molecule has 0 atom stereocenters. The third-order valence-corrected chi connectivity index (χ3v) is 4.25. The molecule has 0 spiro atoms. The SMILES string of the molecule is COC(=O)NS(=O)(=O)N1Cc2ccc(C(=O)O)cc2C1. The Balaban J connectivity index is 2.21. The first-order valence-corrected chi connectivity index (χ1v) is 6.98. The van der Waals surface area contributed by atoms with Crippen molar-refractivity contribution >= 4 is 22.3 Å². The van der Waals surface area contributed by atoms with Gasteiger partial charge in [-0.25, -0.2) is 14.3 Å². The maximum atomic E-state index is 11.9. The number of nitrogens with one attached hydrogen (secondary N) is 1. The number of fused-ring (bicyclic) bond motifs is 1. The lowest BCUT2D eigenvalue weighted by Crippen LogP contribution is -2.40. The van der Waals surface area contributed by atoms with E-state index >= 15 is 0 Å². The van der Waals surface area contributed by atoms with Gasteiger partial charge in [-0.05, 0) is 23.3 Å². The number of rotatable bonds is 3. The molecule has 8 nitrogen and oxygen atoms in total. The Kier molecular flexibility index (Phi) is 3.64. The number of carboxylic acid groups (broad SMARTS) is 1.